The van der Waals surface area contributed by atoms with Crippen molar-refractivity contribution >= 4 is 33.4 Å². The molecule has 4 heteroatoms. The molecule has 1 aromatic rings. The van der Waals surface area contributed by atoms with Gasteiger partial charge in [-0.3, -0.25) is 4.79 Å². The lowest BCUT2D eigenvalue weighted by atomic mass is 9.77. The number of carbonyl (C=O) groups is 1. The predicted octanol–water partition coefficient (Wildman–Crippen LogP) is 4.68. The quantitative estimate of drug-likeness (QED) is 0.781. The Hall–Kier alpha value is -0.540. The molecule has 2 rings (SSSR count). The highest BCUT2D eigenvalue weighted by Gasteiger charge is 2.35. The van der Waals surface area contributed by atoms with E-state index in [1.54, 1.807) is 0 Å². The molecule has 0 bridgehead atoms. The van der Waals surface area contributed by atoms with E-state index < -0.39 is 0 Å². The number of hydrogen-bond acceptors (Lipinski definition) is 1. The summed E-state index contributed by atoms with van der Waals surface area (Å²) in [5.74, 6) is 1.09. The van der Waals surface area contributed by atoms with Gasteiger partial charge in [-0.1, -0.05) is 35.7 Å². The predicted molar refractivity (Wildman–Crippen MR) is 87.4 cm³/mol. The van der Waals surface area contributed by atoms with Crippen LogP contribution in [0.25, 0.3) is 0 Å². The van der Waals surface area contributed by atoms with Gasteiger partial charge in [0.25, 0.3) is 5.91 Å². The second kappa shape index (κ2) is 6.48. The molecule has 1 aromatic carbocycles. The fourth-order valence-electron chi connectivity index (χ4n) is 3.12. The zero-order valence-electron chi connectivity index (χ0n) is 12.0. The van der Waals surface area contributed by atoms with Gasteiger partial charge < -0.3 is 5.32 Å². The second-order valence-corrected chi connectivity index (χ2v) is 7.21. The van der Waals surface area contributed by atoms with Crippen molar-refractivity contribution in [2.24, 2.45) is 5.92 Å². The average molecular weight is 359 g/mol. The lowest BCUT2D eigenvalue weighted by molar-refractivity contribution is 0.0866. The van der Waals surface area contributed by atoms with E-state index >= 15 is 0 Å². The van der Waals surface area contributed by atoms with Crippen LogP contribution >= 0.6 is 27.5 Å². The van der Waals surface area contributed by atoms with E-state index in [1.165, 1.54) is 6.42 Å². The topological polar surface area (TPSA) is 29.1 Å². The van der Waals surface area contributed by atoms with Crippen LogP contribution in [0.4, 0.5) is 0 Å². The molecule has 2 unspecified atom stereocenters. The van der Waals surface area contributed by atoms with Crippen LogP contribution in [0.15, 0.2) is 22.7 Å². The van der Waals surface area contributed by atoms with Crippen molar-refractivity contribution in [2.75, 3.05) is 5.88 Å². The lowest BCUT2D eigenvalue weighted by Crippen LogP contribution is -2.52. The van der Waals surface area contributed by atoms with E-state index in [9.17, 15) is 4.79 Å². The summed E-state index contributed by atoms with van der Waals surface area (Å²) in [5.41, 5.74) is 1.47. The molecule has 1 aliphatic carbocycles. The van der Waals surface area contributed by atoms with Crippen LogP contribution in [0, 0.1) is 12.8 Å². The van der Waals surface area contributed by atoms with Crippen molar-refractivity contribution in [3.63, 3.8) is 0 Å². The van der Waals surface area contributed by atoms with Crippen molar-refractivity contribution in [3.05, 3.63) is 33.8 Å². The first-order chi connectivity index (χ1) is 9.46. The van der Waals surface area contributed by atoms with Gasteiger partial charge in [0, 0.05) is 15.9 Å². The lowest BCUT2D eigenvalue weighted by Gasteiger charge is -2.39. The number of alkyl halides is 1. The molecule has 1 aliphatic rings. The summed E-state index contributed by atoms with van der Waals surface area (Å²) < 4.78 is 0.991. The zero-order valence-corrected chi connectivity index (χ0v) is 14.4. The van der Waals surface area contributed by atoms with E-state index in [-0.39, 0.29) is 11.4 Å². The molecule has 0 heterocycles. The summed E-state index contributed by atoms with van der Waals surface area (Å²) in [6.45, 7) is 4.19. The van der Waals surface area contributed by atoms with E-state index in [0.29, 0.717) is 11.8 Å². The fourth-order valence-corrected chi connectivity index (χ4v) is 3.90. The van der Waals surface area contributed by atoms with Gasteiger partial charge in [0.05, 0.1) is 5.54 Å². The van der Waals surface area contributed by atoms with Gasteiger partial charge in [0.15, 0.2) is 0 Å². The monoisotopic (exact) mass is 357 g/mol. The Labute approximate surface area is 134 Å². The Balaban J connectivity index is 2.16. The summed E-state index contributed by atoms with van der Waals surface area (Å²) in [4.78, 5) is 12.5. The van der Waals surface area contributed by atoms with Crippen molar-refractivity contribution in [1.29, 1.82) is 0 Å². The molecule has 0 spiro atoms. The second-order valence-electron chi connectivity index (χ2n) is 6.03. The van der Waals surface area contributed by atoms with Gasteiger partial charge in [0.2, 0.25) is 0 Å². The Kier molecular flexibility index (Phi) is 5.14. The van der Waals surface area contributed by atoms with Gasteiger partial charge in [-0.05, 0) is 49.4 Å². The third-order valence-corrected chi connectivity index (χ3v) is 5.16. The minimum Gasteiger partial charge on any atom is -0.345 e. The molecule has 1 fully saturated rings. The summed E-state index contributed by atoms with van der Waals surface area (Å²) >= 11 is 9.60. The zero-order chi connectivity index (χ0) is 14.8. The molecule has 2 atom stereocenters. The summed E-state index contributed by atoms with van der Waals surface area (Å²) in [6, 6.07) is 5.73. The number of carbonyl (C=O) groups excluding carboxylic acids is 1. The van der Waals surface area contributed by atoms with Gasteiger partial charge in [0.1, 0.15) is 0 Å². The first-order valence-electron chi connectivity index (χ1n) is 7.10. The van der Waals surface area contributed by atoms with Gasteiger partial charge in [-0.2, -0.15) is 0 Å². The standard InChI is InChI=1S/C16H21BrClNO/c1-11-4-3-7-16(9-11,10-18)19-15(20)14-6-5-13(17)8-12(14)2/h5-6,8,11H,3-4,7,9-10H2,1-2H3,(H,19,20). The Morgan fingerprint density at radius 1 is 1.55 bits per heavy atom. The van der Waals surface area contributed by atoms with E-state index in [2.05, 4.69) is 28.2 Å². The number of amides is 1. The Morgan fingerprint density at radius 2 is 2.30 bits per heavy atom. The van der Waals surface area contributed by atoms with E-state index in [4.69, 9.17) is 11.6 Å². The van der Waals surface area contributed by atoms with Crippen molar-refractivity contribution in [2.45, 2.75) is 45.1 Å². The largest absolute Gasteiger partial charge is 0.345 e. The molecule has 0 aliphatic heterocycles. The number of rotatable bonds is 3. The molecule has 0 aromatic heterocycles. The van der Waals surface area contributed by atoms with Crippen molar-refractivity contribution in [3.8, 4) is 0 Å². The molecule has 1 amide bonds. The van der Waals surface area contributed by atoms with Crippen LogP contribution in [0.1, 0.15) is 48.5 Å². The highest BCUT2D eigenvalue weighted by molar-refractivity contribution is 9.10. The summed E-state index contributed by atoms with van der Waals surface area (Å²) in [6.07, 6.45) is 4.30. The van der Waals surface area contributed by atoms with Crippen LogP contribution in [0.3, 0.4) is 0 Å². The van der Waals surface area contributed by atoms with Gasteiger partial charge >= 0.3 is 0 Å². The maximum Gasteiger partial charge on any atom is 0.252 e. The minimum atomic E-state index is -0.240. The van der Waals surface area contributed by atoms with E-state index in [1.807, 2.05) is 25.1 Å². The van der Waals surface area contributed by atoms with Crippen LogP contribution in [-0.2, 0) is 0 Å². The Bertz CT molecular complexity index is 505. The average Bonchev–Trinajstić information content (AvgIpc) is 2.38. The molecule has 0 radical (unpaired) electrons. The number of halogens is 2. The maximum absolute atomic E-state index is 12.5. The smallest absolute Gasteiger partial charge is 0.252 e. The third-order valence-electron chi connectivity index (χ3n) is 4.16. The molecule has 0 saturated heterocycles. The Morgan fingerprint density at radius 3 is 2.90 bits per heavy atom. The molecular weight excluding hydrogens is 338 g/mol. The minimum absolute atomic E-state index is 0.00949. The molecule has 1 saturated carbocycles. The van der Waals surface area contributed by atoms with Crippen LogP contribution < -0.4 is 5.32 Å². The molecule has 2 nitrogen and oxygen atoms in total. The first-order valence-corrected chi connectivity index (χ1v) is 8.43. The number of hydrogen-bond donors (Lipinski definition) is 1. The van der Waals surface area contributed by atoms with Crippen molar-refractivity contribution in [1.82, 2.24) is 5.32 Å². The van der Waals surface area contributed by atoms with Crippen LogP contribution in [-0.4, -0.2) is 17.3 Å². The van der Waals surface area contributed by atoms with Crippen molar-refractivity contribution < 1.29 is 4.79 Å². The third kappa shape index (κ3) is 3.56. The maximum atomic E-state index is 12.5. The van der Waals surface area contributed by atoms with Crippen LogP contribution in [0.5, 0.6) is 0 Å². The number of aryl methyl sites for hydroxylation is 1. The molecule has 110 valence electrons. The SMILES string of the molecule is Cc1cc(Br)ccc1C(=O)NC1(CCl)CCCC(C)C1. The summed E-state index contributed by atoms with van der Waals surface area (Å²) in [7, 11) is 0. The normalized spacial score (nSPS) is 26.3. The highest BCUT2D eigenvalue weighted by atomic mass is 79.9. The van der Waals surface area contributed by atoms with E-state index in [0.717, 1.165) is 34.9 Å². The van der Waals surface area contributed by atoms with Gasteiger partial charge in [-0.25, -0.2) is 0 Å². The fraction of sp³-hybridized carbons (Fsp3) is 0.562. The van der Waals surface area contributed by atoms with Crippen LogP contribution in [0.2, 0.25) is 0 Å². The number of nitrogens with one attached hydrogen (secondary N) is 1. The summed E-state index contributed by atoms with van der Waals surface area (Å²) in [5, 5.41) is 3.20. The highest BCUT2D eigenvalue weighted by Crippen LogP contribution is 2.33. The number of benzene rings is 1. The molecule has 1 N–H and O–H groups in total. The molecule has 20 heavy (non-hydrogen) atoms. The molecular formula is C16H21BrClNO. The first kappa shape index (κ1) is 15.8. The van der Waals surface area contributed by atoms with Gasteiger partial charge in [-0.15, -0.1) is 11.6 Å².